The van der Waals surface area contributed by atoms with Crippen molar-refractivity contribution >= 4 is 11.8 Å². The molecule has 0 atom stereocenters. The monoisotopic (exact) mass is 373 g/mol. The number of nitrogens with zero attached hydrogens (tertiary/aromatic N) is 2. The van der Waals surface area contributed by atoms with Crippen LogP contribution < -0.4 is 5.32 Å². The third kappa shape index (κ3) is 5.10. The highest BCUT2D eigenvalue weighted by molar-refractivity contribution is 5.96. The Bertz CT molecular complexity index is 788. The van der Waals surface area contributed by atoms with Gasteiger partial charge in [0.2, 0.25) is 5.91 Å². The highest BCUT2D eigenvalue weighted by atomic mass is 19.1. The number of carbonyl (C=O) groups excluding carboxylic acids is 2. The van der Waals surface area contributed by atoms with Crippen molar-refractivity contribution < 1.29 is 18.4 Å². The van der Waals surface area contributed by atoms with Crippen molar-refractivity contribution in [2.45, 2.75) is 6.54 Å². The Morgan fingerprint density at radius 1 is 0.926 bits per heavy atom. The van der Waals surface area contributed by atoms with Crippen molar-refractivity contribution in [1.82, 2.24) is 15.1 Å². The molecule has 2 amide bonds. The van der Waals surface area contributed by atoms with Gasteiger partial charge in [0.15, 0.2) is 0 Å². The molecule has 1 fully saturated rings. The molecule has 5 nitrogen and oxygen atoms in total. The summed E-state index contributed by atoms with van der Waals surface area (Å²) in [5, 5.41) is 3.18. The molecular formula is C20H21F2N3O2. The molecule has 0 saturated carbocycles. The smallest absolute Gasteiger partial charge is 0.254 e. The van der Waals surface area contributed by atoms with Crippen molar-refractivity contribution in [3.8, 4) is 0 Å². The third-order valence-corrected chi connectivity index (χ3v) is 4.46. The maximum Gasteiger partial charge on any atom is 0.254 e. The first-order valence-corrected chi connectivity index (χ1v) is 8.81. The highest BCUT2D eigenvalue weighted by Crippen LogP contribution is 2.13. The molecule has 7 heteroatoms. The maximum absolute atomic E-state index is 13.2. The summed E-state index contributed by atoms with van der Waals surface area (Å²) in [6.45, 7) is 2.69. The fourth-order valence-electron chi connectivity index (χ4n) is 2.96. The van der Waals surface area contributed by atoms with Crippen LogP contribution in [0.4, 0.5) is 8.78 Å². The van der Waals surface area contributed by atoms with Gasteiger partial charge in [0.25, 0.3) is 5.91 Å². The van der Waals surface area contributed by atoms with E-state index in [9.17, 15) is 18.4 Å². The fraction of sp³-hybridized carbons (Fsp3) is 0.300. The summed E-state index contributed by atoms with van der Waals surface area (Å²) in [4.78, 5) is 28.6. The van der Waals surface area contributed by atoms with Gasteiger partial charge in [0.1, 0.15) is 18.2 Å². The summed E-state index contributed by atoms with van der Waals surface area (Å²) in [5.41, 5.74) is 1.01. The van der Waals surface area contributed by atoms with E-state index in [4.69, 9.17) is 0 Å². The van der Waals surface area contributed by atoms with Crippen LogP contribution in [0.2, 0.25) is 0 Å². The Morgan fingerprint density at radius 3 is 2.07 bits per heavy atom. The molecule has 0 spiro atoms. The van der Waals surface area contributed by atoms with Gasteiger partial charge in [-0.15, -0.1) is 0 Å². The summed E-state index contributed by atoms with van der Waals surface area (Å²) in [6.07, 6.45) is 0. The number of hydrogen-bond donors (Lipinski definition) is 1. The topological polar surface area (TPSA) is 52.7 Å². The van der Waals surface area contributed by atoms with E-state index >= 15 is 0 Å². The van der Waals surface area contributed by atoms with E-state index in [1.165, 1.54) is 41.3 Å². The predicted molar refractivity (Wildman–Crippen MR) is 97.0 cm³/mol. The first-order chi connectivity index (χ1) is 13.0. The first-order valence-electron chi connectivity index (χ1n) is 8.81. The summed E-state index contributed by atoms with van der Waals surface area (Å²) in [7, 11) is 0. The minimum absolute atomic E-state index is 0.0897. The molecule has 1 N–H and O–H groups in total. The van der Waals surface area contributed by atoms with Crippen molar-refractivity contribution in [2.75, 3.05) is 32.7 Å². The van der Waals surface area contributed by atoms with Crippen LogP contribution in [0.1, 0.15) is 15.9 Å². The van der Waals surface area contributed by atoms with Gasteiger partial charge in [0, 0.05) is 38.3 Å². The van der Waals surface area contributed by atoms with E-state index in [1.807, 2.05) is 0 Å². The van der Waals surface area contributed by atoms with Crippen LogP contribution in [0.15, 0.2) is 48.5 Å². The van der Waals surface area contributed by atoms with E-state index in [0.717, 1.165) is 13.1 Å². The van der Waals surface area contributed by atoms with E-state index in [2.05, 4.69) is 5.32 Å². The molecule has 0 unspecified atom stereocenters. The number of hydrogen-bond acceptors (Lipinski definition) is 3. The van der Waals surface area contributed by atoms with Gasteiger partial charge in [-0.3, -0.25) is 9.59 Å². The lowest BCUT2D eigenvalue weighted by molar-refractivity contribution is -0.132. The van der Waals surface area contributed by atoms with E-state index in [-0.39, 0.29) is 30.7 Å². The lowest BCUT2D eigenvalue weighted by Gasteiger charge is -2.30. The summed E-state index contributed by atoms with van der Waals surface area (Å²) < 4.78 is 26.3. The number of benzene rings is 2. The van der Waals surface area contributed by atoms with Crippen molar-refractivity contribution in [3.05, 3.63) is 71.3 Å². The summed E-state index contributed by atoms with van der Waals surface area (Å²) >= 11 is 0. The zero-order valence-corrected chi connectivity index (χ0v) is 14.8. The molecule has 1 aliphatic heterocycles. The van der Waals surface area contributed by atoms with Crippen LogP contribution in [0.3, 0.4) is 0 Å². The standard InChI is InChI=1S/C20H21F2N3O2/c21-17-5-1-15(2-6-17)13-25(14-19(26)24-11-9-23-10-12-24)20(27)16-3-7-18(22)8-4-16/h1-8,23H,9-14H2. The van der Waals surface area contributed by atoms with Crippen LogP contribution >= 0.6 is 0 Å². The van der Waals surface area contributed by atoms with Crippen molar-refractivity contribution in [1.29, 1.82) is 0 Å². The Morgan fingerprint density at radius 2 is 1.48 bits per heavy atom. The molecule has 2 aromatic carbocycles. The molecule has 3 rings (SSSR count). The molecular weight excluding hydrogens is 352 g/mol. The number of amides is 2. The largest absolute Gasteiger partial charge is 0.339 e. The van der Waals surface area contributed by atoms with E-state index in [0.29, 0.717) is 24.2 Å². The molecule has 0 bridgehead atoms. The molecule has 0 aliphatic carbocycles. The number of piperazine rings is 1. The van der Waals surface area contributed by atoms with Gasteiger partial charge in [-0.2, -0.15) is 0 Å². The lowest BCUT2D eigenvalue weighted by atomic mass is 10.1. The second kappa shape index (κ2) is 8.73. The van der Waals surface area contributed by atoms with Crippen LogP contribution in [0.25, 0.3) is 0 Å². The second-order valence-corrected chi connectivity index (χ2v) is 6.43. The van der Waals surface area contributed by atoms with Crippen LogP contribution in [-0.2, 0) is 11.3 Å². The minimum atomic E-state index is -0.437. The Labute approximate surface area is 156 Å². The quantitative estimate of drug-likeness (QED) is 0.873. The summed E-state index contributed by atoms with van der Waals surface area (Å²) in [6, 6.07) is 11.0. The molecule has 0 radical (unpaired) electrons. The predicted octanol–water partition coefficient (Wildman–Crippen LogP) is 2.04. The Hall–Kier alpha value is -2.80. The van der Waals surface area contributed by atoms with Gasteiger partial charge in [-0.05, 0) is 42.0 Å². The number of rotatable bonds is 5. The first kappa shape index (κ1) is 19.0. The Kier molecular flexibility index (Phi) is 6.13. The molecule has 1 heterocycles. The molecule has 1 saturated heterocycles. The third-order valence-electron chi connectivity index (χ3n) is 4.46. The van der Waals surface area contributed by atoms with Gasteiger partial charge in [-0.25, -0.2) is 8.78 Å². The van der Waals surface area contributed by atoms with Crippen LogP contribution in [-0.4, -0.2) is 54.3 Å². The Balaban J connectivity index is 1.78. The molecule has 2 aromatic rings. The van der Waals surface area contributed by atoms with Crippen LogP contribution in [0, 0.1) is 11.6 Å². The zero-order chi connectivity index (χ0) is 19.2. The van der Waals surface area contributed by atoms with E-state index < -0.39 is 5.82 Å². The SMILES string of the molecule is O=C(CN(Cc1ccc(F)cc1)C(=O)c1ccc(F)cc1)N1CCNCC1. The van der Waals surface area contributed by atoms with Gasteiger partial charge < -0.3 is 15.1 Å². The van der Waals surface area contributed by atoms with E-state index in [1.54, 1.807) is 17.0 Å². The van der Waals surface area contributed by atoms with Crippen LogP contribution in [0.5, 0.6) is 0 Å². The number of halogens is 2. The van der Waals surface area contributed by atoms with Gasteiger partial charge >= 0.3 is 0 Å². The maximum atomic E-state index is 13.2. The fourth-order valence-corrected chi connectivity index (χ4v) is 2.96. The number of carbonyl (C=O) groups is 2. The minimum Gasteiger partial charge on any atom is -0.339 e. The molecule has 142 valence electrons. The second-order valence-electron chi connectivity index (χ2n) is 6.43. The average molecular weight is 373 g/mol. The summed E-state index contributed by atoms with van der Waals surface area (Å²) in [5.74, 6) is -1.32. The lowest BCUT2D eigenvalue weighted by Crippen LogP contribution is -2.50. The van der Waals surface area contributed by atoms with Crippen molar-refractivity contribution in [3.63, 3.8) is 0 Å². The normalized spacial score (nSPS) is 14.1. The zero-order valence-electron chi connectivity index (χ0n) is 14.8. The van der Waals surface area contributed by atoms with Gasteiger partial charge in [0.05, 0.1) is 0 Å². The highest BCUT2D eigenvalue weighted by Gasteiger charge is 2.23. The van der Waals surface area contributed by atoms with Crippen molar-refractivity contribution in [2.24, 2.45) is 0 Å². The molecule has 0 aromatic heterocycles. The average Bonchev–Trinajstić information content (AvgIpc) is 2.70. The van der Waals surface area contributed by atoms with Gasteiger partial charge in [-0.1, -0.05) is 12.1 Å². The molecule has 1 aliphatic rings. The molecule has 27 heavy (non-hydrogen) atoms. The number of nitrogens with one attached hydrogen (secondary N) is 1.